The number of para-hydroxylation sites is 1. The molecule has 0 bridgehead atoms. The van der Waals surface area contributed by atoms with Crippen molar-refractivity contribution in [3.05, 3.63) is 30.1 Å². The zero-order chi connectivity index (χ0) is 10.7. The zero-order valence-corrected chi connectivity index (χ0v) is 8.53. The maximum absolute atomic E-state index is 13.5. The molecule has 1 unspecified atom stereocenters. The molecular weight excluding hydrogens is 195 g/mol. The minimum atomic E-state index is -0.160. The number of hydrogen-bond donors (Lipinski definition) is 1. The first-order chi connectivity index (χ1) is 7.31. The molecule has 2 N–H and O–H groups in total. The Kier molecular flexibility index (Phi) is 3.18. The van der Waals surface area contributed by atoms with Crippen LogP contribution >= 0.6 is 0 Å². The lowest BCUT2D eigenvalue weighted by Gasteiger charge is -2.18. The smallest absolute Gasteiger partial charge is 0.146 e. The number of anilines is 1. The molecule has 1 aliphatic rings. The largest absolute Gasteiger partial charge is 0.369 e. The van der Waals surface area contributed by atoms with E-state index in [0.29, 0.717) is 18.2 Å². The highest BCUT2D eigenvalue weighted by Gasteiger charge is 2.24. The predicted molar refractivity (Wildman–Crippen MR) is 56.9 cm³/mol. The molecule has 0 spiro atoms. The standard InChI is InChI=1S/C11H15FN2O/c12-10-3-1-2-4-11(10)14-6-5-9(7-14)8-15-13/h1-4,9H,5-8,13H2. The summed E-state index contributed by atoms with van der Waals surface area (Å²) in [6, 6.07) is 6.85. The third-order valence-corrected chi connectivity index (χ3v) is 2.81. The van der Waals surface area contributed by atoms with E-state index in [9.17, 15) is 4.39 Å². The van der Waals surface area contributed by atoms with Crippen molar-refractivity contribution in [1.82, 2.24) is 0 Å². The van der Waals surface area contributed by atoms with E-state index in [4.69, 9.17) is 5.90 Å². The summed E-state index contributed by atoms with van der Waals surface area (Å²) < 4.78 is 13.5. The summed E-state index contributed by atoms with van der Waals surface area (Å²) in [5.41, 5.74) is 0.678. The number of halogens is 1. The molecule has 1 aromatic rings. The van der Waals surface area contributed by atoms with Gasteiger partial charge in [-0.3, -0.25) is 0 Å². The molecule has 0 amide bonds. The summed E-state index contributed by atoms with van der Waals surface area (Å²) in [6.07, 6.45) is 1.01. The zero-order valence-electron chi connectivity index (χ0n) is 8.53. The molecule has 1 fully saturated rings. The first-order valence-corrected chi connectivity index (χ1v) is 5.12. The maximum atomic E-state index is 13.5. The second-order valence-electron chi connectivity index (χ2n) is 3.89. The van der Waals surface area contributed by atoms with Crippen LogP contribution in [0.2, 0.25) is 0 Å². The van der Waals surface area contributed by atoms with Crippen molar-refractivity contribution in [2.45, 2.75) is 6.42 Å². The first kappa shape index (κ1) is 10.4. The number of nitrogens with zero attached hydrogens (tertiary/aromatic N) is 1. The lowest BCUT2D eigenvalue weighted by atomic mass is 10.1. The molecule has 0 aromatic heterocycles. The van der Waals surface area contributed by atoms with Crippen LogP contribution in [0.1, 0.15) is 6.42 Å². The van der Waals surface area contributed by atoms with Crippen molar-refractivity contribution < 1.29 is 9.23 Å². The summed E-state index contributed by atoms with van der Waals surface area (Å²) in [4.78, 5) is 6.66. The van der Waals surface area contributed by atoms with Crippen LogP contribution in [0.5, 0.6) is 0 Å². The van der Waals surface area contributed by atoms with E-state index in [-0.39, 0.29) is 5.82 Å². The van der Waals surface area contributed by atoms with Gasteiger partial charge in [-0.15, -0.1) is 0 Å². The van der Waals surface area contributed by atoms with Crippen LogP contribution in [0.3, 0.4) is 0 Å². The van der Waals surface area contributed by atoms with Crippen LogP contribution in [-0.2, 0) is 4.84 Å². The Bertz CT molecular complexity index is 332. The van der Waals surface area contributed by atoms with Gasteiger partial charge in [-0.1, -0.05) is 12.1 Å². The highest BCUT2D eigenvalue weighted by Crippen LogP contribution is 2.25. The Morgan fingerprint density at radius 1 is 1.47 bits per heavy atom. The molecule has 0 aliphatic carbocycles. The third kappa shape index (κ3) is 2.27. The van der Waals surface area contributed by atoms with Crippen LogP contribution in [0, 0.1) is 11.7 Å². The van der Waals surface area contributed by atoms with Gasteiger partial charge in [0, 0.05) is 19.0 Å². The minimum absolute atomic E-state index is 0.160. The monoisotopic (exact) mass is 210 g/mol. The SMILES string of the molecule is NOCC1CCN(c2ccccc2F)C1. The fourth-order valence-electron chi connectivity index (χ4n) is 2.03. The highest BCUT2D eigenvalue weighted by molar-refractivity contribution is 5.48. The van der Waals surface area contributed by atoms with Crippen LogP contribution in [0.4, 0.5) is 10.1 Å². The fraction of sp³-hybridized carbons (Fsp3) is 0.455. The van der Waals surface area contributed by atoms with Gasteiger partial charge in [0.2, 0.25) is 0 Å². The molecule has 1 atom stereocenters. The van der Waals surface area contributed by atoms with Crippen molar-refractivity contribution in [2.24, 2.45) is 11.8 Å². The second kappa shape index (κ2) is 4.59. The molecule has 3 nitrogen and oxygen atoms in total. The average Bonchev–Trinajstić information content (AvgIpc) is 2.68. The third-order valence-electron chi connectivity index (χ3n) is 2.81. The van der Waals surface area contributed by atoms with Gasteiger partial charge in [0.15, 0.2) is 0 Å². The van der Waals surface area contributed by atoms with Gasteiger partial charge in [-0.25, -0.2) is 10.3 Å². The van der Waals surface area contributed by atoms with Crippen molar-refractivity contribution in [1.29, 1.82) is 0 Å². The Balaban J connectivity index is 2.04. The van der Waals surface area contributed by atoms with Crippen molar-refractivity contribution in [3.8, 4) is 0 Å². The van der Waals surface area contributed by atoms with Gasteiger partial charge < -0.3 is 9.74 Å². The van der Waals surface area contributed by atoms with Crippen LogP contribution in [0.25, 0.3) is 0 Å². The molecule has 82 valence electrons. The van der Waals surface area contributed by atoms with E-state index in [0.717, 1.165) is 19.5 Å². The highest BCUT2D eigenvalue weighted by atomic mass is 19.1. The summed E-state index contributed by atoms with van der Waals surface area (Å²) in [7, 11) is 0. The number of hydrogen-bond acceptors (Lipinski definition) is 3. The Labute approximate surface area is 88.6 Å². The van der Waals surface area contributed by atoms with Crippen LogP contribution in [-0.4, -0.2) is 19.7 Å². The van der Waals surface area contributed by atoms with Crippen molar-refractivity contribution in [3.63, 3.8) is 0 Å². The Morgan fingerprint density at radius 3 is 3.00 bits per heavy atom. The molecule has 0 saturated carbocycles. The number of nitrogens with two attached hydrogens (primary N) is 1. The number of benzene rings is 1. The molecule has 0 radical (unpaired) electrons. The summed E-state index contributed by atoms with van der Waals surface area (Å²) in [5, 5.41) is 0. The van der Waals surface area contributed by atoms with E-state index in [1.807, 2.05) is 11.0 Å². The normalized spacial score (nSPS) is 20.9. The average molecular weight is 210 g/mol. The molecule has 2 rings (SSSR count). The van der Waals surface area contributed by atoms with Crippen molar-refractivity contribution in [2.75, 3.05) is 24.6 Å². The molecule has 1 heterocycles. The van der Waals surface area contributed by atoms with E-state index in [1.165, 1.54) is 6.07 Å². The Hall–Kier alpha value is -1.13. The summed E-state index contributed by atoms with van der Waals surface area (Å²) in [6.45, 7) is 2.23. The summed E-state index contributed by atoms with van der Waals surface area (Å²) >= 11 is 0. The van der Waals surface area contributed by atoms with Gasteiger partial charge in [0.25, 0.3) is 0 Å². The van der Waals surface area contributed by atoms with E-state index in [2.05, 4.69) is 4.84 Å². The lowest BCUT2D eigenvalue weighted by Crippen LogP contribution is -2.22. The lowest BCUT2D eigenvalue weighted by molar-refractivity contribution is 0.108. The van der Waals surface area contributed by atoms with Crippen molar-refractivity contribution >= 4 is 5.69 Å². The quantitative estimate of drug-likeness (QED) is 0.769. The minimum Gasteiger partial charge on any atom is -0.369 e. The van der Waals surface area contributed by atoms with E-state index >= 15 is 0 Å². The van der Waals surface area contributed by atoms with Crippen LogP contribution < -0.4 is 10.8 Å². The predicted octanol–water partition coefficient (Wildman–Crippen LogP) is 1.54. The van der Waals surface area contributed by atoms with Gasteiger partial charge in [0.1, 0.15) is 5.82 Å². The van der Waals surface area contributed by atoms with Crippen LogP contribution in [0.15, 0.2) is 24.3 Å². The Morgan fingerprint density at radius 2 is 2.27 bits per heavy atom. The summed E-state index contributed by atoms with van der Waals surface area (Å²) in [5.74, 6) is 5.28. The maximum Gasteiger partial charge on any atom is 0.146 e. The van der Waals surface area contributed by atoms with Gasteiger partial charge >= 0.3 is 0 Å². The molecule has 4 heteroatoms. The van der Waals surface area contributed by atoms with Gasteiger partial charge in [-0.2, -0.15) is 0 Å². The van der Waals surface area contributed by atoms with E-state index in [1.54, 1.807) is 12.1 Å². The van der Waals surface area contributed by atoms with Gasteiger partial charge in [0.05, 0.1) is 12.3 Å². The second-order valence-corrected chi connectivity index (χ2v) is 3.89. The topological polar surface area (TPSA) is 38.5 Å². The molecule has 1 saturated heterocycles. The van der Waals surface area contributed by atoms with Gasteiger partial charge in [-0.05, 0) is 18.6 Å². The number of rotatable bonds is 3. The molecule has 1 aliphatic heterocycles. The first-order valence-electron chi connectivity index (χ1n) is 5.12. The molecule has 15 heavy (non-hydrogen) atoms. The van der Waals surface area contributed by atoms with E-state index < -0.39 is 0 Å². The molecular formula is C11H15FN2O. The fourth-order valence-corrected chi connectivity index (χ4v) is 2.03. The molecule has 1 aromatic carbocycles.